The highest BCUT2D eigenvalue weighted by molar-refractivity contribution is 6.35. The summed E-state index contributed by atoms with van der Waals surface area (Å²) in [7, 11) is 0. The Balaban J connectivity index is 1.83. The first-order valence-corrected chi connectivity index (χ1v) is 8.81. The molecule has 2 heterocycles. The molecule has 0 fully saturated rings. The van der Waals surface area contributed by atoms with E-state index in [1.807, 2.05) is 52.1 Å². The van der Waals surface area contributed by atoms with Gasteiger partial charge in [-0.15, -0.1) is 0 Å². The van der Waals surface area contributed by atoms with E-state index in [1.54, 1.807) is 18.2 Å². The molecule has 25 heavy (non-hydrogen) atoms. The summed E-state index contributed by atoms with van der Waals surface area (Å²) in [6.45, 7) is 0.970. The monoisotopic (exact) mass is 371 g/mol. The van der Waals surface area contributed by atoms with Crippen LogP contribution in [0.25, 0.3) is 0 Å². The van der Waals surface area contributed by atoms with Gasteiger partial charge in [0.25, 0.3) is 11.5 Å². The first-order valence-electron chi connectivity index (χ1n) is 8.06. The van der Waals surface area contributed by atoms with Gasteiger partial charge in [0.15, 0.2) is 6.54 Å². The molecule has 1 aliphatic rings. The molecule has 1 aromatic heterocycles. The fourth-order valence-corrected chi connectivity index (χ4v) is 3.94. The largest absolute Gasteiger partial charge is 0.346 e. The molecule has 1 atom stereocenters. The molecule has 1 aliphatic heterocycles. The normalized spacial score (nSPS) is 19.1. The molecule has 0 saturated heterocycles. The quantitative estimate of drug-likeness (QED) is 0.700. The predicted molar refractivity (Wildman–Crippen MR) is 99.6 cm³/mol. The van der Waals surface area contributed by atoms with Gasteiger partial charge in [0.2, 0.25) is 0 Å². The Kier molecular flexibility index (Phi) is 4.16. The molecule has 0 amide bonds. The molecule has 0 saturated carbocycles. The van der Waals surface area contributed by atoms with Gasteiger partial charge in [-0.25, -0.2) is 9.47 Å². The van der Waals surface area contributed by atoms with E-state index >= 15 is 0 Å². The summed E-state index contributed by atoms with van der Waals surface area (Å²) in [6.07, 6.45) is 1.97. The standard InChI is InChI=1S/C20H17Cl2N2O/c21-16-9-10-17(18(22)12-16)20(25)14-23-11-5-4-8-19(23)24(20)13-15-6-2-1-3-7-15/h1-12,25H,13-14H2/q+1/t20-/m0/s1. The molecule has 5 heteroatoms. The van der Waals surface area contributed by atoms with Crippen LogP contribution in [-0.4, -0.2) is 5.11 Å². The summed E-state index contributed by atoms with van der Waals surface area (Å²) in [4.78, 5) is 1.98. The summed E-state index contributed by atoms with van der Waals surface area (Å²) < 4.78 is 2.04. The van der Waals surface area contributed by atoms with E-state index in [4.69, 9.17) is 23.2 Å². The minimum Gasteiger partial charge on any atom is -0.346 e. The van der Waals surface area contributed by atoms with Crippen molar-refractivity contribution in [1.82, 2.24) is 0 Å². The van der Waals surface area contributed by atoms with Crippen molar-refractivity contribution in [3.8, 4) is 0 Å². The highest BCUT2D eigenvalue weighted by Gasteiger charge is 2.52. The second-order valence-electron chi connectivity index (χ2n) is 6.20. The number of anilines is 1. The van der Waals surface area contributed by atoms with Crippen molar-refractivity contribution in [3.05, 3.63) is 94.1 Å². The Bertz CT molecular complexity index is 917. The summed E-state index contributed by atoms with van der Waals surface area (Å²) in [6, 6.07) is 21.2. The number of benzene rings is 2. The Labute approximate surface area is 156 Å². The summed E-state index contributed by atoms with van der Waals surface area (Å²) >= 11 is 12.5. The third kappa shape index (κ3) is 2.89. The Morgan fingerprint density at radius 1 is 1.00 bits per heavy atom. The molecule has 1 N–H and O–H groups in total. The maximum absolute atomic E-state index is 11.7. The molecule has 3 aromatic rings. The summed E-state index contributed by atoms with van der Waals surface area (Å²) in [5.74, 6) is 0.944. The molecule has 126 valence electrons. The molecule has 3 nitrogen and oxygen atoms in total. The van der Waals surface area contributed by atoms with E-state index in [2.05, 4.69) is 12.1 Å². The maximum Gasteiger partial charge on any atom is 0.279 e. The van der Waals surface area contributed by atoms with Gasteiger partial charge in [-0.1, -0.05) is 59.6 Å². The van der Waals surface area contributed by atoms with Crippen LogP contribution in [0.2, 0.25) is 10.0 Å². The SMILES string of the molecule is O[C@]1(c2ccc(Cl)cc2Cl)C[n+]2ccccc2N1Cc1ccccc1. The van der Waals surface area contributed by atoms with Crippen LogP contribution in [0.4, 0.5) is 5.82 Å². The van der Waals surface area contributed by atoms with E-state index in [0.29, 0.717) is 28.7 Å². The van der Waals surface area contributed by atoms with Crippen LogP contribution in [0.15, 0.2) is 72.9 Å². The van der Waals surface area contributed by atoms with Gasteiger partial charge in [-0.2, -0.15) is 0 Å². The molecule has 0 bridgehead atoms. The lowest BCUT2D eigenvalue weighted by Crippen LogP contribution is -2.45. The molecule has 2 aromatic carbocycles. The number of hydrogen-bond acceptors (Lipinski definition) is 2. The molecule has 0 aliphatic carbocycles. The van der Waals surface area contributed by atoms with Gasteiger partial charge in [0.1, 0.15) is 6.54 Å². The fraction of sp³-hybridized carbons (Fsp3) is 0.150. The minimum absolute atomic E-state index is 0.400. The van der Waals surface area contributed by atoms with E-state index in [1.165, 1.54) is 0 Å². The van der Waals surface area contributed by atoms with Crippen molar-refractivity contribution in [2.24, 2.45) is 0 Å². The number of fused-ring (bicyclic) bond motifs is 1. The smallest absolute Gasteiger partial charge is 0.279 e. The first kappa shape index (κ1) is 16.4. The molecular weight excluding hydrogens is 355 g/mol. The lowest BCUT2D eigenvalue weighted by molar-refractivity contribution is -0.683. The summed E-state index contributed by atoms with van der Waals surface area (Å²) in [5.41, 5.74) is 0.521. The van der Waals surface area contributed by atoms with Crippen LogP contribution in [-0.2, 0) is 18.8 Å². The van der Waals surface area contributed by atoms with Crippen molar-refractivity contribution in [2.45, 2.75) is 18.8 Å². The number of nitrogens with zero attached hydrogens (tertiary/aromatic N) is 2. The third-order valence-corrected chi connectivity index (χ3v) is 5.12. The zero-order chi connectivity index (χ0) is 17.4. The predicted octanol–water partition coefficient (Wildman–Crippen LogP) is 4.15. The highest BCUT2D eigenvalue weighted by atomic mass is 35.5. The maximum atomic E-state index is 11.7. The molecule has 0 unspecified atom stereocenters. The lowest BCUT2D eigenvalue weighted by atomic mass is 10.0. The topological polar surface area (TPSA) is 27.4 Å². The van der Waals surface area contributed by atoms with Crippen LogP contribution < -0.4 is 9.47 Å². The number of rotatable bonds is 3. The van der Waals surface area contributed by atoms with Gasteiger partial charge >= 0.3 is 0 Å². The van der Waals surface area contributed by atoms with Gasteiger partial charge in [-0.3, -0.25) is 0 Å². The van der Waals surface area contributed by atoms with Gasteiger partial charge < -0.3 is 5.11 Å². The number of pyridine rings is 1. The second kappa shape index (κ2) is 6.34. The molecular formula is C20H17Cl2N2O+. The van der Waals surface area contributed by atoms with Crippen LogP contribution in [0.1, 0.15) is 11.1 Å². The number of aromatic nitrogens is 1. The Morgan fingerprint density at radius 3 is 2.52 bits per heavy atom. The van der Waals surface area contributed by atoms with Crippen molar-refractivity contribution >= 4 is 29.0 Å². The molecule has 0 spiro atoms. The van der Waals surface area contributed by atoms with Gasteiger partial charge in [0, 0.05) is 11.1 Å². The minimum atomic E-state index is -1.24. The van der Waals surface area contributed by atoms with E-state index in [0.717, 1.165) is 11.4 Å². The van der Waals surface area contributed by atoms with Crippen LogP contribution in [0, 0.1) is 0 Å². The Morgan fingerprint density at radius 2 is 1.76 bits per heavy atom. The van der Waals surface area contributed by atoms with Crippen LogP contribution in [0.5, 0.6) is 0 Å². The van der Waals surface area contributed by atoms with Gasteiger partial charge in [0.05, 0.1) is 16.8 Å². The average molecular weight is 372 g/mol. The lowest BCUT2D eigenvalue weighted by Gasteiger charge is -2.28. The summed E-state index contributed by atoms with van der Waals surface area (Å²) in [5, 5.41) is 12.7. The van der Waals surface area contributed by atoms with Crippen molar-refractivity contribution in [3.63, 3.8) is 0 Å². The van der Waals surface area contributed by atoms with Crippen LogP contribution >= 0.6 is 23.2 Å². The van der Waals surface area contributed by atoms with E-state index < -0.39 is 5.72 Å². The van der Waals surface area contributed by atoms with E-state index in [9.17, 15) is 5.11 Å². The zero-order valence-electron chi connectivity index (χ0n) is 13.4. The van der Waals surface area contributed by atoms with Crippen molar-refractivity contribution in [1.29, 1.82) is 0 Å². The van der Waals surface area contributed by atoms with Gasteiger partial charge in [-0.05, 0) is 29.8 Å². The zero-order valence-corrected chi connectivity index (χ0v) is 15.0. The van der Waals surface area contributed by atoms with Crippen LogP contribution in [0.3, 0.4) is 0 Å². The molecule has 4 rings (SSSR count). The van der Waals surface area contributed by atoms with Crippen molar-refractivity contribution in [2.75, 3.05) is 4.90 Å². The highest BCUT2D eigenvalue weighted by Crippen LogP contribution is 2.39. The number of hydrogen-bond donors (Lipinski definition) is 1. The average Bonchev–Trinajstić information content (AvgIpc) is 2.88. The second-order valence-corrected chi connectivity index (χ2v) is 7.04. The first-order chi connectivity index (χ1) is 12.1. The fourth-order valence-electron chi connectivity index (χ4n) is 3.38. The number of aliphatic hydroxyl groups is 1. The molecule has 0 radical (unpaired) electrons. The third-order valence-electron chi connectivity index (χ3n) is 4.58. The van der Waals surface area contributed by atoms with E-state index in [-0.39, 0.29) is 0 Å². The Hall–Kier alpha value is -2.07. The van der Waals surface area contributed by atoms with Crippen molar-refractivity contribution < 1.29 is 9.67 Å². The number of halogens is 2.